The minimum absolute atomic E-state index is 0.302. The molecule has 0 saturated carbocycles. The number of hydrogen-bond acceptors (Lipinski definition) is 4. The maximum Gasteiger partial charge on any atom is 0.330 e. The maximum absolute atomic E-state index is 11.4. The lowest BCUT2D eigenvalue weighted by Crippen LogP contribution is -2.38. The van der Waals surface area contributed by atoms with Crippen LogP contribution in [0.15, 0.2) is 24.5 Å². The molecule has 0 N–H and O–H groups in total. The molecule has 1 atom stereocenters. The molecule has 0 saturated heterocycles. The van der Waals surface area contributed by atoms with Crippen molar-refractivity contribution in [3.8, 4) is 0 Å². The molecule has 122 valence electrons. The third-order valence-electron chi connectivity index (χ3n) is 3.57. The second-order valence-electron chi connectivity index (χ2n) is 5.02. The second-order valence-corrected chi connectivity index (χ2v) is 9.80. The van der Waals surface area contributed by atoms with Crippen LogP contribution in [0.25, 0.3) is 0 Å². The molecule has 0 amide bonds. The van der Waals surface area contributed by atoms with Gasteiger partial charge in [-0.05, 0) is 38.1 Å². The molecule has 21 heavy (non-hydrogen) atoms. The van der Waals surface area contributed by atoms with Crippen molar-refractivity contribution in [2.75, 3.05) is 13.2 Å². The Kier molecular flexibility index (Phi) is 10.1. The van der Waals surface area contributed by atoms with Crippen LogP contribution in [0.4, 0.5) is 0 Å². The van der Waals surface area contributed by atoms with E-state index < -0.39 is 8.32 Å². The maximum atomic E-state index is 11.4. The van der Waals surface area contributed by atoms with E-state index in [4.69, 9.17) is 13.9 Å². The number of esters is 1. The highest BCUT2D eigenvalue weighted by atomic mass is 28.4. The van der Waals surface area contributed by atoms with Gasteiger partial charge in [0.05, 0.1) is 19.0 Å². The fourth-order valence-electron chi connectivity index (χ4n) is 2.08. The molecular weight excluding hydrogens is 284 g/mol. The Labute approximate surface area is 130 Å². The van der Waals surface area contributed by atoms with E-state index in [-0.39, 0.29) is 12.1 Å². The lowest BCUT2D eigenvalue weighted by Gasteiger charge is -2.29. The summed E-state index contributed by atoms with van der Waals surface area (Å²) in [6.07, 6.45) is 2.78. The molecule has 0 fully saturated rings. The summed E-state index contributed by atoms with van der Waals surface area (Å²) in [5.41, 5.74) is 0. The van der Waals surface area contributed by atoms with Crippen molar-refractivity contribution in [3.05, 3.63) is 24.5 Å². The Balaban J connectivity index is 4.69. The zero-order chi connectivity index (χ0) is 16.3. The van der Waals surface area contributed by atoms with Crippen molar-refractivity contribution in [2.24, 2.45) is 0 Å². The molecule has 0 aromatic carbocycles. The number of carbonyl (C=O) groups excluding carboxylic acids is 1. The first-order valence-corrected chi connectivity index (χ1v) is 10.3. The Morgan fingerprint density at radius 3 is 2.19 bits per heavy atom. The van der Waals surface area contributed by atoms with Gasteiger partial charge in [-0.2, -0.15) is 0 Å². The third-order valence-corrected chi connectivity index (χ3v) is 8.22. The van der Waals surface area contributed by atoms with Crippen molar-refractivity contribution in [2.45, 2.75) is 58.9 Å². The molecule has 0 aliphatic rings. The van der Waals surface area contributed by atoms with Crippen LogP contribution in [0.5, 0.6) is 0 Å². The van der Waals surface area contributed by atoms with Crippen LogP contribution < -0.4 is 0 Å². The number of ether oxygens (including phenoxy) is 2. The van der Waals surface area contributed by atoms with Gasteiger partial charge in [-0.1, -0.05) is 27.4 Å². The van der Waals surface area contributed by atoms with Gasteiger partial charge in [0.15, 0.2) is 8.32 Å². The Bertz CT molecular complexity index is 340. The first-order chi connectivity index (χ1) is 9.92. The lowest BCUT2D eigenvalue weighted by molar-refractivity contribution is -0.137. The minimum atomic E-state index is -1.66. The standard InChI is InChI=1S/C16H30O4Si/c1-7-18-16(17)12-11-15(20-14(5)6)13-19-21(8-2,9-3)10-4/h11-12,15H,5,7-10,13H2,1-4,6H3/b12-11-/t15-/m0/s1. The predicted molar refractivity (Wildman–Crippen MR) is 88.6 cm³/mol. The molecule has 0 unspecified atom stereocenters. The van der Waals surface area contributed by atoms with E-state index in [0.29, 0.717) is 19.0 Å². The van der Waals surface area contributed by atoms with Crippen LogP contribution in [-0.2, 0) is 18.7 Å². The Morgan fingerprint density at radius 1 is 1.19 bits per heavy atom. The van der Waals surface area contributed by atoms with Crippen LogP contribution in [-0.4, -0.2) is 33.6 Å². The molecule has 0 aromatic rings. The van der Waals surface area contributed by atoms with Gasteiger partial charge >= 0.3 is 5.97 Å². The number of hydrogen-bond donors (Lipinski definition) is 0. The predicted octanol–water partition coefficient (Wildman–Crippen LogP) is 4.05. The van der Waals surface area contributed by atoms with E-state index in [1.165, 1.54) is 6.08 Å². The molecule has 4 nitrogen and oxygen atoms in total. The second kappa shape index (κ2) is 10.6. The highest BCUT2D eigenvalue weighted by Gasteiger charge is 2.29. The molecule has 0 aliphatic carbocycles. The first kappa shape index (κ1) is 19.9. The van der Waals surface area contributed by atoms with Gasteiger partial charge in [0.2, 0.25) is 0 Å². The van der Waals surface area contributed by atoms with Crippen molar-refractivity contribution < 1.29 is 18.7 Å². The summed E-state index contributed by atoms with van der Waals surface area (Å²) in [7, 11) is -1.66. The largest absolute Gasteiger partial charge is 0.489 e. The van der Waals surface area contributed by atoms with Crippen LogP contribution in [0.2, 0.25) is 18.1 Å². The van der Waals surface area contributed by atoms with E-state index in [1.54, 1.807) is 19.9 Å². The molecular formula is C16H30O4Si. The van der Waals surface area contributed by atoms with Gasteiger partial charge in [0.1, 0.15) is 6.10 Å². The summed E-state index contributed by atoms with van der Waals surface area (Å²) in [5.74, 6) is 0.242. The normalized spacial score (nSPS) is 13.2. The molecule has 0 spiro atoms. The lowest BCUT2D eigenvalue weighted by atomic mass is 10.3. The summed E-state index contributed by atoms with van der Waals surface area (Å²) in [6, 6.07) is 3.25. The fourth-order valence-corrected chi connectivity index (χ4v) is 4.71. The summed E-state index contributed by atoms with van der Waals surface area (Å²) in [6.45, 7) is 14.7. The SMILES string of the molecule is C=C(C)O[C@@H](/C=C\C(=O)OCC)CO[Si](CC)(CC)CC. The smallest absolute Gasteiger partial charge is 0.330 e. The van der Waals surface area contributed by atoms with E-state index in [1.807, 2.05) is 0 Å². The van der Waals surface area contributed by atoms with E-state index in [0.717, 1.165) is 18.1 Å². The van der Waals surface area contributed by atoms with E-state index in [9.17, 15) is 4.79 Å². The topological polar surface area (TPSA) is 44.8 Å². The summed E-state index contributed by atoms with van der Waals surface area (Å²) in [4.78, 5) is 11.4. The molecule has 5 heteroatoms. The Hall–Kier alpha value is -1.07. The van der Waals surface area contributed by atoms with Gasteiger partial charge < -0.3 is 13.9 Å². The third kappa shape index (κ3) is 8.07. The molecule has 0 aromatic heterocycles. The minimum Gasteiger partial charge on any atom is -0.489 e. The van der Waals surface area contributed by atoms with Crippen molar-refractivity contribution in [1.82, 2.24) is 0 Å². The van der Waals surface area contributed by atoms with Crippen LogP contribution in [0, 0.1) is 0 Å². The zero-order valence-corrected chi connectivity index (χ0v) is 15.1. The van der Waals surface area contributed by atoms with Crippen molar-refractivity contribution >= 4 is 14.3 Å². The van der Waals surface area contributed by atoms with Gasteiger partial charge in [-0.3, -0.25) is 0 Å². The first-order valence-electron chi connectivity index (χ1n) is 7.74. The highest BCUT2D eigenvalue weighted by Crippen LogP contribution is 2.22. The van der Waals surface area contributed by atoms with Crippen LogP contribution in [0.1, 0.15) is 34.6 Å². The number of carbonyl (C=O) groups is 1. The molecule has 0 aliphatic heterocycles. The summed E-state index contributed by atoms with van der Waals surface area (Å²) >= 11 is 0. The molecule has 0 radical (unpaired) electrons. The summed E-state index contributed by atoms with van der Waals surface area (Å²) < 4.78 is 16.7. The van der Waals surface area contributed by atoms with E-state index >= 15 is 0 Å². The van der Waals surface area contributed by atoms with Crippen LogP contribution in [0.3, 0.4) is 0 Å². The van der Waals surface area contributed by atoms with Crippen LogP contribution >= 0.6 is 0 Å². The van der Waals surface area contributed by atoms with Crippen molar-refractivity contribution in [3.63, 3.8) is 0 Å². The molecule has 0 bridgehead atoms. The fraction of sp³-hybridized carbons (Fsp3) is 0.688. The zero-order valence-electron chi connectivity index (χ0n) is 14.1. The average molecular weight is 314 g/mol. The van der Waals surface area contributed by atoms with E-state index in [2.05, 4.69) is 27.4 Å². The number of allylic oxidation sites excluding steroid dienone is 1. The summed E-state index contributed by atoms with van der Waals surface area (Å²) in [5, 5.41) is 0. The van der Waals surface area contributed by atoms with Gasteiger partial charge in [0, 0.05) is 6.08 Å². The average Bonchev–Trinajstić information content (AvgIpc) is 2.46. The number of rotatable bonds is 11. The van der Waals surface area contributed by atoms with Crippen molar-refractivity contribution in [1.29, 1.82) is 0 Å². The van der Waals surface area contributed by atoms with Gasteiger partial charge in [0.25, 0.3) is 0 Å². The molecule has 0 heterocycles. The van der Waals surface area contributed by atoms with Gasteiger partial charge in [-0.25, -0.2) is 4.79 Å². The monoisotopic (exact) mass is 314 g/mol. The Morgan fingerprint density at radius 2 is 1.76 bits per heavy atom. The molecule has 0 rings (SSSR count). The highest BCUT2D eigenvalue weighted by molar-refractivity contribution is 6.73. The van der Waals surface area contributed by atoms with Gasteiger partial charge in [-0.15, -0.1) is 0 Å². The quantitative estimate of drug-likeness (QED) is 0.250.